The van der Waals surface area contributed by atoms with Gasteiger partial charge in [-0.05, 0) is 43.7 Å². The van der Waals surface area contributed by atoms with Crippen LogP contribution < -0.4 is 10.9 Å². The van der Waals surface area contributed by atoms with Crippen molar-refractivity contribution in [3.05, 3.63) is 57.0 Å². The summed E-state index contributed by atoms with van der Waals surface area (Å²) >= 11 is 1.06. The van der Waals surface area contributed by atoms with E-state index in [-0.39, 0.29) is 36.6 Å². The van der Waals surface area contributed by atoms with Gasteiger partial charge in [0.05, 0.1) is 30.5 Å². The zero-order valence-electron chi connectivity index (χ0n) is 18.4. The van der Waals surface area contributed by atoms with Crippen molar-refractivity contribution in [2.75, 3.05) is 32.2 Å². The lowest BCUT2D eigenvalue weighted by Gasteiger charge is -2.08. The number of thiophene rings is 1. The summed E-state index contributed by atoms with van der Waals surface area (Å²) in [5.74, 6) is -1.45. The molecule has 0 saturated carbocycles. The number of esters is 2. The molecule has 3 rings (SSSR count). The number of carbonyl (C=O) groups is 3. The van der Waals surface area contributed by atoms with Gasteiger partial charge in [0.1, 0.15) is 22.9 Å². The Kier molecular flexibility index (Phi) is 7.91. The Morgan fingerprint density at radius 2 is 1.82 bits per heavy atom. The first-order valence-corrected chi connectivity index (χ1v) is 10.9. The number of methoxy groups -OCH3 is 1. The fourth-order valence-electron chi connectivity index (χ4n) is 3.01. The lowest BCUT2D eigenvalue weighted by molar-refractivity contribution is -0.116. The molecule has 0 atom stereocenters. The van der Waals surface area contributed by atoms with Gasteiger partial charge < -0.3 is 19.5 Å². The van der Waals surface area contributed by atoms with Crippen molar-refractivity contribution in [2.24, 2.45) is 0 Å². The highest BCUT2D eigenvalue weighted by molar-refractivity contribution is 7.20. The molecule has 0 spiro atoms. The van der Waals surface area contributed by atoms with E-state index in [1.165, 1.54) is 30.1 Å². The second-order valence-electron chi connectivity index (χ2n) is 6.89. The van der Waals surface area contributed by atoms with Crippen LogP contribution in [-0.4, -0.2) is 54.3 Å². The molecular weight excluding hydrogens is 450 g/mol. The predicted octanol–water partition coefficient (Wildman–Crippen LogP) is 2.39. The first kappa shape index (κ1) is 24.1. The van der Waals surface area contributed by atoms with Crippen molar-refractivity contribution in [3.8, 4) is 0 Å². The summed E-state index contributed by atoms with van der Waals surface area (Å²) < 4.78 is 16.1. The summed E-state index contributed by atoms with van der Waals surface area (Å²) in [6.45, 7) is 3.72. The number of hydrogen-bond acceptors (Lipinski definition) is 9. The first-order chi connectivity index (χ1) is 15.8. The lowest BCUT2D eigenvalue weighted by atomic mass is 10.2. The molecule has 174 valence electrons. The fourth-order valence-corrected chi connectivity index (χ4v) is 4.04. The Morgan fingerprint density at radius 1 is 1.09 bits per heavy atom. The molecular formula is C22H23N3O7S. The normalized spacial score (nSPS) is 10.8. The lowest BCUT2D eigenvalue weighted by Crippen LogP contribution is -2.28. The number of nitrogens with one attached hydrogen (secondary N) is 1. The van der Waals surface area contributed by atoms with Gasteiger partial charge in [-0.25, -0.2) is 14.6 Å². The van der Waals surface area contributed by atoms with Crippen LogP contribution in [0.15, 0.2) is 35.4 Å². The van der Waals surface area contributed by atoms with Crippen LogP contribution in [-0.2, 0) is 25.5 Å². The van der Waals surface area contributed by atoms with Crippen molar-refractivity contribution >= 4 is 45.1 Å². The molecule has 0 unspecified atom stereocenters. The number of aromatic nitrogens is 2. The van der Waals surface area contributed by atoms with E-state index in [2.05, 4.69) is 10.3 Å². The number of amides is 1. The average molecular weight is 474 g/mol. The molecule has 1 amide bonds. The fraction of sp³-hybridized carbons (Fsp3) is 0.318. The minimum Gasteiger partial charge on any atom is -0.462 e. The number of anilines is 1. The van der Waals surface area contributed by atoms with Crippen LogP contribution >= 0.6 is 11.3 Å². The van der Waals surface area contributed by atoms with Crippen LogP contribution in [0.3, 0.4) is 0 Å². The maximum absolute atomic E-state index is 12.9. The Hall–Kier alpha value is -3.57. The number of fused-ring (bicyclic) bond motifs is 1. The molecule has 0 aliphatic carbocycles. The molecule has 11 heteroatoms. The van der Waals surface area contributed by atoms with Crippen molar-refractivity contribution < 1.29 is 28.6 Å². The minimum atomic E-state index is -0.553. The molecule has 1 N–H and O–H groups in total. The van der Waals surface area contributed by atoms with E-state index >= 15 is 0 Å². The number of nitrogens with zero attached hydrogens (tertiary/aromatic N) is 2. The maximum atomic E-state index is 12.9. The van der Waals surface area contributed by atoms with Gasteiger partial charge in [-0.15, -0.1) is 11.3 Å². The molecule has 2 heterocycles. The highest BCUT2D eigenvalue weighted by Gasteiger charge is 2.21. The van der Waals surface area contributed by atoms with Crippen molar-refractivity contribution in [3.63, 3.8) is 0 Å². The van der Waals surface area contributed by atoms with E-state index in [4.69, 9.17) is 14.2 Å². The van der Waals surface area contributed by atoms with Crippen molar-refractivity contribution in [1.82, 2.24) is 9.55 Å². The third kappa shape index (κ3) is 5.62. The molecule has 0 aliphatic heterocycles. The number of benzene rings is 1. The zero-order chi connectivity index (χ0) is 24.0. The summed E-state index contributed by atoms with van der Waals surface area (Å²) in [7, 11) is 1.50. The van der Waals surface area contributed by atoms with E-state index in [0.717, 1.165) is 11.3 Å². The van der Waals surface area contributed by atoms with Crippen LogP contribution in [0.4, 0.5) is 5.69 Å². The molecule has 10 nitrogen and oxygen atoms in total. The SMILES string of the molecule is CCOC(=O)c1ccc(NC(=O)Cn2cnc3sc(C(=O)OCCOC)c(C)c3c2=O)cc1. The van der Waals surface area contributed by atoms with E-state index < -0.39 is 23.4 Å². The van der Waals surface area contributed by atoms with Crippen molar-refractivity contribution in [2.45, 2.75) is 20.4 Å². The monoisotopic (exact) mass is 473 g/mol. The Bertz CT molecular complexity index is 1230. The van der Waals surface area contributed by atoms with Gasteiger partial charge >= 0.3 is 11.9 Å². The molecule has 1 aromatic carbocycles. The van der Waals surface area contributed by atoms with Gasteiger partial charge in [0.15, 0.2) is 0 Å². The Morgan fingerprint density at radius 3 is 2.48 bits per heavy atom. The van der Waals surface area contributed by atoms with Gasteiger partial charge in [0, 0.05) is 12.8 Å². The van der Waals surface area contributed by atoms with E-state index in [0.29, 0.717) is 21.6 Å². The summed E-state index contributed by atoms with van der Waals surface area (Å²) in [5.41, 5.74) is 0.852. The summed E-state index contributed by atoms with van der Waals surface area (Å²) in [6.07, 6.45) is 1.27. The van der Waals surface area contributed by atoms with Crippen LogP contribution in [0.2, 0.25) is 0 Å². The van der Waals surface area contributed by atoms with Gasteiger partial charge in [0.25, 0.3) is 5.56 Å². The van der Waals surface area contributed by atoms with Crippen LogP contribution in [0.5, 0.6) is 0 Å². The van der Waals surface area contributed by atoms with Crippen molar-refractivity contribution in [1.29, 1.82) is 0 Å². The zero-order valence-corrected chi connectivity index (χ0v) is 19.2. The number of carbonyl (C=O) groups excluding carboxylic acids is 3. The molecule has 0 aliphatic rings. The van der Waals surface area contributed by atoms with E-state index in [1.807, 2.05) is 0 Å². The average Bonchev–Trinajstić information content (AvgIpc) is 3.13. The second-order valence-corrected chi connectivity index (χ2v) is 7.89. The van der Waals surface area contributed by atoms with Gasteiger partial charge in [-0.1, -0.05) is 0 Å². The molecule has 0 saturated heterocycles. The second kappa shape index (κ2) is 10.8. The quantitative estimate of drug-likeness (QED) is 0.371. The number of aryl methyl sites for hydroxylation is 1. The summed E-state index contributed by atoms with van der Waals surface area (Å²) in [5, 5.41) is 2.94. The predicted molar refractivity (Wildman–Crippen MR) is 122 cm³/mol. The van der Waals surface area contributed by atoms with Crippen LogP contribution in [0.25, 0.3) is 10.2 Å². The standard InChI is InChI=1S/C22H23N3O7S/c1-4-31-21(28)14-5-7-15(8-6-14)24-16(26)11-25-12-23-19-17(20(25)27)13(2)18(33-19)22(29)32-10-9-30-3/h5-8,12H,4,9-11H2,1-3H3,(H,24,26). The molecule has 2 aromatic heterocycles. The minimum absolute atomic E-state index is 0.0988. The summed E-state index contributed by atoms with van der Waals surface area (Å²) in [6, 6.07) is 6.21. The van der Waals surface area contributed by atoms with Gasteiger partial charge in [-0.3, -0.25) is 14.2 Å². The number of hydrogen-bond donors (Lipinski definition) is 1. The molecule has 0 fully saturated rings. The molecule has 0 bridgehead atoms. The first-order valence-electron chi connectivity index (χ1n) is 10.1. The Labute approximate surface area is 193 Å². The maximum Gasteiger partial charge on any atom is 0.348 e. The topological polar surface area (TPSA) is 126 Å². The largest absolute Gasteiger partial charge is 0.462 e. The van der Waals surface area contributed by atoms with Gasteiger partial charge in [0.2, 0.25) is 5.91 Å². The van der Waals surface area contributed by atoms with Crippen LogP contribution in [0.1, 0.15) is 32.5 Å². The smallest absolute Gasteiger partial charge is 0.348 e. The summed E-state index contributed by atoms with van der Waals surface area (Å²) in [4.78, 5) is 54.3. The molecule has 0 radical (unpaired) electrons. The third-order valence-electron chi connectivity index (χ3n) is 4.62. The number of rotatable bonds is 9. The van der Waals surface area contributed by atoms with E-state index in [9.17, 15) is 19.2 Å². The van der Waals surface area contributed by atoms with E-state index in [1.54, 1.807) is 26.0 Å². The highest BCUT2D eigenvalue weighted by Crippen LogP contribution is 2.27. The molecule has 3 aromatic rings. The van der Waals surface area contributed by atoms with Crippen LogP contribution in [0, 0.1) is 6.92 Å². The third-order valence-corrected chi connectivity index (χ3v) is 5.80. The Balaban J connectivity index is 1.73. The molecule has 33 heavy (non-hydrogen) atoms. The highest BCUT2D eigenvalue weighted by atomic mass is 32.1. The number of ether oxygens (including phenoxy) is 3. The van der Waals surface area contributed by atoms with Gasteiger partial charge in [-0.2, -0.15) is 0 Å².